The molecule has 1 aliphatic rings. The Morgan fingerprint density at radius 1 is 0.533 bits per heavy atom. The molecule has 0 aliphatic heterocycles. The first-order valence-electron chi connectivity index (χ1n) is 11.0. The maximum absolute atomic E-state index is 2.45. The van der Waals surface area contributed by atoms with Crippen molar-refractivity contribution in [3.8, 4) is 22.3 Å². The molecule has 4 aromatic carbocycles. The predicted octanol–water partition coefficient (Wildman–Crippen LogP) is 7.84. The van der Waals surface area contributed by atoms with Crippen LogP contribution in [0.2, 0.25) is 0 Å². The van der Waals surface area contributed by atoms with E-state index in [1.54, 1.807) is 0 Å². The summed E-state index contributed by atoms with van der Waals surface area (Å²) >= 11 is 0. The van der Waals surface area contributed by atoms with Gasteiger partial charge in [-0.25, -0.2) is 0 Å². The summed E-state index contributed by atoms with van der Waals surface area (Å²) in [5.74, 6) is 0. The van der Waals surface area contributed by atoms with Crippen LogP contribution >= 0.6 is 0 Å². The van der Waals surface area contributed by atoms with Crippen LogP contribution in [-0.4, -0.2) is 0 Å². The van der Waals surface area contributed by atoms with Crippen LogP contribution in [0.25, 0.3) is 22.3 Å². The van der Waals surface area contributed by atoms with Crippen LogP contribution in [0.1, 0.15) is 42.5 Å². The van der Waals surface area contributed by atoms with Gasteiger partial charge in [-0.1, -0.05) is 111 Å². The molecule has 0 saturated heterocycles. The minimum absolute atomic E-state index is 0.0925. The van der Waals surface area contributed by atoms with Crippen molar-refractivity contribution in [1.29, 1.82) is 0 Å². The third-order valence-corrected chi connectivity index (χ3v) is 6.64. The van der Waals surface area contributed by atoms with Gasteiger partial charge in [0.2, 0.25) is 0 Å². The van der Waals surface area contributed by atoms with Crippen molar-refractivity contribution in [2.24, 2.45) is 0 Å². The minimum Gasteiger partial charge on any atom is -0.0622 e. The second-order valence-electron chi connectivity index (χ2n) is 8.97. The molecule has 0 bridgehead atoms. The quantitative estimate of drug-likeness (QED) is 0.327. The first kappa shape index (κ1) is 18.9. The molecule has 0 heterocycles. The Balaban J connectivity index is 1.27. The van der Waals surface area contributed by atoms with Crippen molar-refractivity contribution >= 4 is 0 Å². The lowest BCUT2D eigenvalue weighted by Crippen LogP contribution is -2.15. The molecule has 0 N–H and O–H groups in total. The fraction of sp³-hybridized carbons (Fsp3) is 0.200. The van der Waals surface area contributed by atoms with Crippen molar-refractivity contribution < 1.29 is 0 Å². The highest BCUT2D eigenvalue weighted by Gasteiger charge is 2.34. The number of rotatable bonds is 5. The van der Waals surface area contributed by atoms with Crippen molar-refractivity contribution in [3.05, 3.63) is 119 Å². The summed E-state index contributed by atoms with van der Waals surface area (Å²) in [6.07, 6.45) is 3.42. The number of aryl methyl sites for hydroxylation is 2. The summed E-state index contributed by atoms with van der Waals surface area (Å²) in [6.45, 7) is 4.71. The van der Waals surface area contributed by atoms with E-state index in [1.165, 1.54) is 50.9 Å². The normalized spacial score (nSPS) is 13.7. The molecular weight excluding hydrogens is 360 g/mol. The molecule has 0 nitrogen and oxygen atoms in total. The van der Waals surface area contributed by atoms with Gasteiger partial charge in [0.05, 0.1) is 0 Å². The van der Waals surface area contributed by atoms with E-state index in [0.717, 1.165) is 12.8 Å². The molecule has 0 heteroatoms. The molecule has 0 amide bonds. The maximum atomic E-state index is 2.45. The molecule has 0 fully saturated rings. The lowest BCUT2D eigenvalue weighted by molar-refractivity contribution is 0.658. The van der Waals surface area contributed by atoms with E-state index >= 15 is 0 Å². The van der Waals surface area contributed by atoms with E-state index < -0.39 is 0 Å². The van der Waals surface area contributed by atoms with Gasteiger partial charge in [0.25, 0.3) is 0 Å². The molecule has 4 aromatic rings. The highest BCUT2D eigenvalue weighted by Crippen LogP contribution is 2.48. The van der Waals surface area contributed by atoms with E-state index in [2.05, 4.69) is 111 Å². The zero-order chi connectivity index (χ0) is 20.6. The minimum atomic E-state index is 0.0925. The number of hydrogen-bond acceptors (Lipinski definition) is 0. The Morgan fingerprint density at radius 2 is 1.13 bits per heavy atom. The number of fused-ring (bicyclic) bond motifs is 3. The van der Waals surface area contributed by atoms with Crippen LogP contribution in [0.15, 0.2) is 97.1 Å². The molecule has 148 valence electrons. The standard InChI is InChI=1S/C30H28/c1-30(2)28-14-7-6-13-26(28)27-20-17-23(21-29(27)30)10-8-9-22-15-18-25(19-16-22)24-11-4-3-5-12-24/h3-7,11-21H,8-10H2,1-2H3. The molecule has 30 heavy (non-hydrogen) atoms. The smallest absolute Gasteiger partial charge is 0.0158 e. The third kappa shape index (κ3) is 3.37. The summed E-state index contributed by atoms with van der Waals surface area (Å²) in [7, 11) is 0. The lowest BCUT2D eigenvalue weighted by Gasteiger charge is -2.22. The van der Waals surface area contributed by atoms with Gasteiger partial charge in [0.15, 0.2) is 0 Å². The number of benzene rings is 4. The molecule has 0 radical (unpaired) electrons. The molecule has 0 atom stereocenters. The van der Waals surface area contributed by atoms with Crippen LogP contribution in [0.3, 0.4) is 0 Å². The Kier molecular flexibility index (Phi) is 4.79. The molecule has 1 aliphatic carbocycles. The fourth-order valence-electron chi connectivity index (χ4n) is 4.90. The fourth-order valence-corrected chi connectivity index (χ4v) is 4.90. The van der Waals surface area contributed by atoms with Gasteiger partial charge in [-0.2, -0.15) is 0 Å². The van der Waals surface area contributed by atoms with Crippen LogP contribution in [0.5, 0.6) is 0 Å². The zero-order valence-corrected chi connectivity index (χ0v) is 17.9. The first-order chi connectivity index (χ1) is 14.6. The second kappa shape index (κ2) is 7.61. The monoisotopic (exact) mass is 388 g/mol. The van der Waals surface area contributed by atoms with Crippen LogP contribution in [0.4, 0.5) is 0 Å². The third-order valence-electron chi connectivity index (χ3n) is 6.64. The van der Waals surface area contributed by atoms with Gasteiger partial charge in [0, 0.05) is 5.41 Å². The van der Waals surface area contributed by atoms with E-state index in [-0.39, 0.29) is 5.41 Å². The van der Waals surface area contributed by atoms with Gasteiger partial charge in [-0.05, 0) is 63.8 Å². The summed E-state index contributed by atoms with van der Waals surface area (Å²) in [6, 6.07) is 35.7. The van der Waals surface area contributed by atoms with E-state index in [9.17, 15) is 0 Å². The van der Waals surface area contributed by atoms with Crippen LogP contribution < -0.4 is 0 Å². The average molecular weight is 389 g/mol. The van der Waals surface area contributed by atoms with Crippen molar-refractivity contribution in [3.63, 3.8) is 0 Å². The Morgan fingerprint density at radius 3 is 1.93 bits per heavy atom. The lowest BCUT2D eigenvalue weighted by atomic mass is 9.82. The largest absolute Gasteiger partial charge is 0.0622 e. The molecule has 5 rings (SSSR count). The Bertz CT molecular complexity index is 1160. The maximum Gasteiger partial charge on any atom is 0.0158 e. The highest BCUT2D eigenvalue weighted by atomic mass is 14.4. The summed E-state index contributed by atoms with van der Waals surface area (Å²) in [5, 5.41) is 0. The Labute approximate surface area is 180 Å². The molecule has 0 aromatic heterocycles. The van der Waals surface area contributed by atoms with Crippen molar-refractivity contribution in [2.45, 2.75) is 38.5 Å². The first-order valence-corrected chi connectivity index (χ1v) is 11.0. The zero-order valence-electron chi connectivity index (χ0n) is 17.9. The van der Waals surface area contributed by atoms with Gasteiger partial charge in [-0.3, -0.25) is 0 Å². The topological polar surface area (TPSA) is 0 Å². The van der Waals surface area contributed by atoms with E-state index in [1.807, 2.05) is 0 Å². The van der Waals surface area contributed by atoms with Gasteiger partial charge in [0.1, 0.15) is 0 Å². The van der Waals surface area contributed by atoms with E-state index in [4.69, 9.17) is 0 Å². The summed E-state index contributed by atoms with van der Waals surface area (Å²) in [5.41, 5.74) is 11.3. The summed E-state index contributed by atoms with van der Waals surface area (Å²) < 4.78 is 0. The molecule has 0 saturated carbocycles. The van der Waals surface area contributed by atoms with Gasteiger partial charge >= 0.3 is 0 Å². The average Bonchev–Trinajstić information content (AvgIpc) is 3.02. The number of hydrogen-bond donors (Lipinski definition) is 0. The SMILES string of the molecule is CC1(C)c2ccccc2-c2ccc(CCCc3ccc(-c4ccccc4)cc3)cc21. The molecule has 0 unspecified atom stereocenters. The van der Waals surface area contributed by atoms with Gasteiger partial charge < -0.3 is 0 Å². The highest BCUT2D eigenvalue weighted by molar-refractivity contribution is 5.80. The molecule has 0 spiro atoms. The Hall–Kier alpha value is -3.12. The van der Waals surface area contributed by atoms with Crippen LogP contribution in [-0.2, 0) is 18.3 Å². The summed E-state index contributed by atoms with van der Waals surface area (Å²) in [4.78, 5) is 0. The van der Waals surface area contributed by atoms with E-state index in [0.29, 0.717) is 0 Å². The van der Waals surface area contributed by atoms with Gasteiger partial charge in [-0.15, -0.1) is 0 Å². The molecular formula is C30H28. The second-order valence-corrected chi connectivity index (χ2v) is 8.97. The van der Waals surface area contributed by atoms with Crippen LogP contribution in [0, 0.1) is 0 Å². The van der Waals surface area contributed by atoms with Crippen molar-refractivity contribution in [1.82, 2.24) is 0 Å². The van der Waals surface area contributed by atoms with Crippen molar-refractivity contribution in [2.75, 3.05) is 0 Å². The predicted molar refractivity (Wildman–Crippen MR) is 128 cm³/mol.